The van der Waals surface area contributed by atoms with Crippen LogP contribution in [0, 0.1) is 6.92 Å². The van der Waals surface area contributed by atoms with E-state index in [1.165, 1.54) is 6.07 Å². The maximum Gasteiger partial charge on any atom is 0.193 e. The third-order valence-electron chi connectivity index (χ3n) is 6.05. The number of fused-ring (bicyclic) bond motifs is 2. The van der Waals surface area contributed by atoms with Crippen molar-refractivity contribution in [2.45, 2.75) is 33.3 Å². The molecule has 5 nitrogen and oxygen atoms in total. The molecule has 0 fully saturated rings. The Morgan fingerprint density at radius 3 is 2.51 bits per heavy atom. The first-order valence-electron chi connectivity index (χ1n) is 11.9. The number of benzene rings is 3. The molecular formula is C30H27NO4. The third-order valence-corrected chi connectivity index (χ3v) is 6.05. The molecule has 0 bridgehead atoms. The average Bonchev–Trinajstić information content (AvgIpc) is 2.89. The van der Waals surface area contributed by atoms with Gasteiger partial charge in [0.15, 0.2) is 5.43 Å². The number of para-hydroxylation sites is 1. The minimum atomic E-state index is -0.109. The molecule has 35 heavy (non-hydrogen) atoms. The summed E-state index contributed by atoms with van der Waals surface area (Å²) >= 11 is 0. The summed E-state index contributed by atoms with van der Waals surface area (Å²) in [4.78, 5) is 17.6. The topological polar surface area (TPSA) is 61.6 Å². The molecule has 0 saturated heterocycles. The molecule has 0 saturated carbocycles. The van der Waals surface area contributed by atoms with Crippen LogP contribution in [0.25, 0.3) is 33.2 Å². The van der Waals surface area contributed by atoms with Crippen molar-refractivity contribution in [3.8, 4) is 22.8 Å². The van der Waals surface area contributed by atoms with Crippen LogP contribution in [0.2, 0.25) is 0 Å². The second kappa shape index (κ2) is 10.0. The van der Waals surface area contributed by atoms with E-state index in [0.717, 1.165) is 46.3 Å². The molecule has 176 valence electrons. The van der Waals surface area contributed by atoms with E-state index < -0.39 is 0 Å². The van der Waals surface area contributed by atoms with Crippen LogP contribution >= 0.6 is 0 Å². The van der Waals surface area contributed by atoms with Crippen LogP contribution in [0.15, 0.2) is 88.1 Å². The third kappa shape index (κ3) is 4.76. The van der Waals surface area contributed by atoms with Gasteiger partial charge >= 0.3 is 0 Å². The van der Waals surface area contributed by atoms with Gasteiger partial charge in [-0.05, 0) is 43.7 Å². The molecule has 0 aliphatic carbocycles. The Kier molecular flexibility index (Phi) is 6.49. The van der Waals surface area contributed by atoms with Crippen molar-refractivity contribution in [2.24, 2.45) is 0 Å². The Bertz CT molecular complexity index is 1540. The van der Waals surface area contributed by atoms with E-state index in [2.05, 4.69) is 6.92 Å². The quantitative estimate of drug-likeness (QED) is 0.229. The zero-order valence-corrected chi connectivity index (χ0v) is 19.9. The monoisotopic (exact) mass is 465 g/mol. The number of hydrogen-bond acceptors (Lipinski definition) is 5. The second-order valence-corrected chi connectivity index (χ2v) is 8.52. The van der Waals surface area contributed by atoms with Gasteiger partial charge < -0.3 is 13.9 Å². The zero-order chi connectivity index (χ0) is 24.2. The molecule has 5 heteroatoms. The van der Waals surface area contributed by atoms with Crippen molar-refractivity contribution < 1.29 is 13.9 Å². The normalized spacial score (nSPS) is 11.1. The molecule has 0 atom stereocenters. The molecule has 5 rings (SSSR count). The molecular weight excluding hydrogens is 438 g/mol. The smallest absolute Gasteiger partial charge is 0.193 e. The van der Waals surface area contributed by atoms with Gasteiger partial charge in [-0.1, -0.05) is 55.8 Å². The van der Waals surface area contributed by atoms with E-state index in [1.807, 2.05) is 67.6 Å². The maximum absolute atomic E-state index is 12.8. The van der Waals surface area contributed by atoms with Crippen LogP contribution in [0.5, 0.6) is 11.5 Å². The molecule has 0 spiro atoms. The lowest BCUT2D eigenvalue weighted by Gasteiger charge is -2.16. The summed E-state index contributed by atoms with van der Waals surface area (Å²) in [5.74, 6) is 1.98. The Hall–Kier alpha value is -4.12. The predicted molar refractivity (Wildman–Crippen MR) is 139 cm³/mol. The van der Waals surface area contributed by atoms with Gasteiger partial charge in [-0.3, -0.25) is 4.79 Å². The molecule has 0 N–H and O–H groups in total. The van der Waals surface area contributed by atoms with Crippen molar-refractivity contribution in [3.05, 3.63) is 100 Å². The molecule has 0 radical (unpaired) electrons. The van der Waals surface area contributed by atoms with Crippen molar-refractivity contribution in [1.29, 1.82) is 0 Å². The fourth-order valence-corrected chi connectivity index (χ4v) is 4.09. The standard InChI is InChI=1S/C30H27NO4/c1-3-4-16-33-30-20(2)26(31-25-13-9-8-12-23(25)30)19-34-22-14-15-28-24(17-22)27(32)18-29(35-28)21-10-6-5-7-11-21/h5-15,17-18H,3-4,16,19H2,1-2H3. The largest absolute Gasteiger partial charge is 0.493 e. The average molecular weight is 466 g/mol. The summed E-state index contributed by atoms with van der Waals surface area (Å²) in [5, 5.41) is 1.48. The van der Waals surface area contributed by atoms with E-state index >= 15 is 0 Å². The number of nitrogens with zero attached hydrogens (tertiary/aromatic N) is 1. The fourth-order valence-electron chi connectivity index (χ4n) is 4.09. The lowest BCUT2D eigenvalue weighted by atomic mass is 10.1. The number of unbranched alkanes of at least 4 members (excludes halogenated alkanes) is 1. The highest BCUT2D eigenvalue weighted by Crippen LogP contribution is 2.31. The molecule has 0 aliphatic heterocycles. The zero-order valence-electron chi connectivity index (χ0n) is 19.9. The van der Waals surface area contributed by atoms with Crippen LogP contribution < -0.4 is 14.9 Å². The first-order chi connectivity index (χ1) is 17.1. The number of pyridine rings is 1. The van der Waals surface area contributed by atoms with Crippen LogP contribution in [-0.4, -0.2) is 11.6 Å². The highest BCUT2D eigenvalue weighted by molar-refractivity contribution is 5.86. The Labute approximate surface area is 204 Å². The molecule has 2 aromatic heterocycles. The van der Waals surface area contributed by atoms with E-state index in [4.69, 9.17) is 18.9 Å². The summed E-state index contributed by atoms with van der Waals surface area (Å²) < 4.78 is 18.2. The van der Waals surface area contributed by atoms with Crippen LogP contribution in [0.4, 0.5) is 0 Å². The van der Waals surface area contributed by atoms with E-state index in [-0.39, 0.29) is 12.0 Å². The van der Waals surface area contributed by atoms with E-state index in [0.29, 0.717) is 29.1 Å². The SMILES string of the molecule is CCCCOc1c(C)c(COc2ccc3oc(-c4ccccc4)cc(=O)c3c2)nc2ccccc12. The lowest BCUT2D eigenvalue weighted by Crippen LogP contribution is -2.06. The number of hydrogen-bond donors (Lipinski definition) is 0. The number of rotatable bonds is 8. The number of aromatic nitrogens is 1. The van der Waals surface area contributed by atoms with Gasteiger partial charge in [-0.15, -0.1) is 0 Å². The van der Waals surface area contributed by atoms with Gasteiger partial charge in [0.1, 0.15) is 29.4 Å². The van der Waals surface area contributed by atoms with Crippen LogP contribution in [0.3, 0.4) is 0 Å². The summed E-state index contributed by atoms with van der Waals surface area (Å²) in [7, 11) is 0. The molecule has 2 heterocycles. The molecule has 5 aromatic rings. The molecule has 0 amide bonds. The van der Waals surface area contributed by atoms with Crippen molar-refractivity contribution in [2.75, 3.05) is 6.61 Å². The van der Waals surface area contributed by atoms with Gasteiger partial charge in [0.25, 0.3) is 0 Å². The first kappa shape index (κ1) is 22.7. The Morgan fingerprint density at radius 1 is 0.886 bits per heavy atom. The summed E-state index contributed by atoms with van der Waals surface area (Å²) in [6.07, 6.45) is 2.06. The Morgan fingerprint density at radius 2 is 1.69 bits per heavy atom. The van der Waals surface area contributed by atoms with Crippen molar-refractivity contribution in [1.82, 2.24) is 4.98 Å². The van der Waals surface area contributed by atoms with Crippen LogP contribution in [0.1, 0.15) is 31.0 Å². The molecule has 3 aromatic carbocycles. The molecule has 0 unspecified atom stereocenters. The summed E-state index contributed by atoms with van der Waals surface area (Å²) in [6.45, 7) is 5.09. The van der Waals surface area contributed by atoms with Gasteiger partial charge in [-0.25, -0.2) is 4.98 Å². The van der Waals surface area contributed by atoms with Crippen molar-refractivity contribution in [3.63, 3.8) is 0 Å². The van der Waals surface area contributed by atoms with Gasteiger partial charge in [0.2, 0.25) is 0 Å². The van der Waals surface area contributed by atoms with Gasteiger partial charge in [-0.2, -0.15) is 0 Å². The van der Waals surface area contributed by atoms with E-state index in [9.17, 15) is 4.79 Å². The van der Waals surface area contributed by atoms with E-state index in [1.54, 1.807) is 12.1 Å². The maximum atomic E-state index is 12.8. The summed E-state index contributed by atoms with van der Waals surface area (Å²) in [5.41, 5.74) is 3.92. The summed E-state index contributed by atoms with van der Waals surface area (Å²) in [6, 6.07) is 24.4. The van der Waals surface area contributed by atoms with Gasteiger partial charge in [0, 0.05) is 22.6 Å². The number of ether oxygens (including phenoxy) is 2. The fraction of sp³-hybridized carbons (Fsp3) is 0.200. The van der Waals surface area contributed by atoms with Gasteiger partial charge in [0.05, 0.1) is 23.2 Å². The highest BCUT2D eigenvalue weighted by Gasteiger charge is 2.14. The first-order valence-corrected chi connectivity index (χ1v) is 11.9. The second-order valence-electron chi connectivity index (χ2n) is 8.52. The molecule has 0 aliphatic rings. The minimum Gasteiger partial charge on any atom is -0.493 e. The minimum absolute atomic E-state index is 0.109. The van der Waals surface area contributed by atoms with Crippen LogP contribution in [-0.2, 0) is 6.61 Å². The lowest BCUT2D eigenvalue weighted by molar-refractivity contribution is 0.293. The van der Waals surface area contributed by atoms with Crippen molar-refractivity contribution >= 4 is 21.9 Å². The highest BCUT2D eigenvalue weighted by atomic mass is 16.5. The Balaban J connectivity index is 1.43. The predicted octanol–water partition coefficient (Wildman–Crippen LogP) is 7.07.